The van der Waals surface area contributed by atoms with Gasteiger partial charge in [0.1, 0.15) is 17.0 Å². The van der Waals surface area contributed by atoms with E-state index in [0.717, 1.165) is 18.8 Å². The Balaban J connectivity index is 1.20. The zero-order valence-electron chi connectivity index (χ0n) is 18.4. The number of piperazine rings is 1. The first-order valence-electron chi connectivity index (χ1n) is 11.1. The summed E-state index contributed by atoms with van der Waals surface area (Å²) in [5, 5.41) is 7.58. The van der Waals surface area contributed by atoms with Crippen molar-refractivity contribution in [2.45, 2.75) is 6.54 Å². The molecule has 2 aromatic carbocycles. The van der Waals surface area contributed by atoms with Gasteiger partial charge in [0, 0.05) is 31.9 Å². The minimum absolute atomic E-state index is 0.134. The molecule has 0 saturated carbocycles. The molecule has 9 nitrogen and oxygen atoms in total. The van der Waals surface area contributed by atoms with E-state index in [-0.39, 0.29) is 23.8 Å². The molecule has 1 aliphatic heterocycles. The van der Waals surface area contributed by atoms with Gasteiger partial charge in [-0.1, -0.05) is 18.2 Å². The smallest absolute Gasteiger partial charge is 0.262 e. The highest BCUT2D eigenvalue weighted by molar-refractivity contribution is 5.92. The third-order valence-corrected chi connectivity index (χ3v) is 5.82. The number of hydrogen-bond donors (Lipinski definition) is 2. The maximum atomic E-state index is 13.0. The fraction of sp³-hybridized carbons (Fsp3) is 0.250. The van der Waals surface area contributed by atoms with Gasteiger partial charge in [0.05, 0.1) is 25.0 Å². The molecule has 174 valence electrons. The number of nitrogens with one attached hydrogen (secondary N) is 2. The molecule has 3 heterocycles. The van der Waals surface area contributed by atoms with Gasteiger partial charge in [-0.15, -0.1) is 0 Å². The van der Waals surface area contributed by atoms with Gasteiger partial charge in [-0.25, -0.2) is 14.1 Å². The molecule has 0 radical (unpaired) electrons. The minimum atomic E-state index is -0.339. The van der Waals surface area contributed by atoms with Crippen molar-refractivity contribution in [1.29, 1.82) is 0 Å². The van der Waals surface area contributed by atoms with E-state index in [9.17, 15) is 14.0 Å². The van der Waals surface area contributed by atoms with Crippen LogP contribution in [0.5, 0.6) is 0 Å². The monoisotopic (exact) mass is 461 g/mol. The van der Waals surface area contributed by atoms with Gasteiger partial charge in [0.2, 0.25) is 5.91 Å². The third-order valence-electron chi connectivity index (χ3n) is 5.82. The number of halogens is 1. The first-order valence-corrected chi connectivity index (χ1v) is 11.1. The molecule has 0 unspecified atom stereocenters. The van der Waals surface area contributed by atoms with E-state index in [4.69, 9.17) is 0 Å². The van der Waals surface area contributed by atoms with E-state index in [2.05, 4.69) is 30.2 Å². The second-order valence-electron chi connectivity index (χ2n) is 8.25. The maximum Gasteiger partial charge on any atom is 0.262 e. The van der Waals surface area contributed by atoms with Crippen LogP contribution >= 0.6 is 0 Å². The van der Waals surface area contributed by atoms with Gasteiger partial charge in [0.15, 0.2) is 5.65 Å². The van der Waals surface area contributed by atoms with Crippen LogP contribution in [0.2, 0.25) is 0 Å². The van der Waals surface area contributed by atoms with Crippen LogP contribution in [0.1, 0.15) is 5.82 Å². The maximum absolute atomic E-state index is 13.0. The number of anilines is 1. The summed E-state index contributed by atoms with van der Waals surface area (Å²) in [4.78, 5) is 36.7. The van der Waals surface area contributed by atoms with Crippen LogP contribution in [-0.2, 0) is 11.3 Å². The molecule has 1 aliphatic rings. The Bertz CT molecular complexity index is 1340. The third kappa shape index (κ3) is 4.87. The highest BCUT2D eigenvalue weighted by Gasteiger charge is 2.20. The summed E-state index contributed by atoms with van der Waals surface area (Å²) in [6, 6.07) is 15.3. The van der Waals surface area contributed by atoms with Gasteiger partial charge >= 0.3 is 0 Å². The normalized spacial score (nSPS) is 15.0. The number of carbonyl (C=O) groups is 1. The first kappa shape index (κ1) is 21.9. The predicted octanol–water partition coefficient (Wildman–Crippen LogP) is 2.00. The second-order valence-corrected chi connectivity index (χ2v) is 8.25. The van der Waals surface area contributed by atoms with Gasteiger partial charge in [-0.05, 0) is 36.4 Å². The van der Waals surface area contributed by atoms with E-state index in [1.807, 2.05) is 30.3 Å². The van der Waals surface area contributed by atoms with Crippen LogP contribution < -0.4 is 10.9 Å². The average Bonchev–Trinajstić information content (AvgIpc) is 3.27. The van der Waals surface area contributed by atoms with Crippen LogP contribution in [0.4, 0.5) is 10.1 Å². The van der Waals surface area contributed by atoms with Gasteiger partial charge in [-0.2, -0.15) is 5.10 Å². The molecule has 0 spiro atoms. The van der Waals surface area contributed by atoms with E-state index < -0.39 is 0 Å². The first-order chi connectivity index (χ1) is 16.5. The molecule has 1 saturated heterocycles. The molecule has 10 heteroatoms. The number of aromatic nitrogens is 4. The number of nitrogens with zero attached hydrogens (tertiary/aromatic N) is 5. The standard InChI is InChI=1S/C24H24FN7O2/c25-17-6-8-18(9-7-17)27-22(33)16-31-12-10-30(11-13-31)15-21-28-23-20(24(34)29-21)14-26-32(23)19-4-2-1-3-5-19/h1-9,14H,10-13,15-16H2,(H,27,33)(H,28,29,34). The Hall–Kier alpha value is -3.89. The van der Waals surface area contributed by atoms with Crippen molar-refractivity contribution in [3.8, 4) is 5.69 Å². The van der Waals surface area contributed by atoms with Crippen molar-refractivity contribution in [1.82, 2.24) is 29.5 Å². The summed E-state index contributed by atoms with van der Waals surface area (Å²) in [6.07, 6.45) is 1.54. The predicted molar refractivity (Wildman–Crippen MR) is 126 cm³/mol. The molecule has 0 aliphatic carbocycles. The van der Waals surface area contributed by atoms with Crippen LogP contribution in [0.15, 0.2) is 65.6 Å². The van der Waals surface area contributed by atoms with Crippen molar-refractivity contribution in [2.24, 2.45) is 0 Å². The molecule has 0 atom stereocenters. The number of hydrogen-bond acceptors (Lipinski definition) is 6. The lowest BCUT2D eigenvalue weighted by Gasteiger charge is -2.33. The lowest BCUT2D eigenvalue weighted by molar-refractivity contribution is -0.117. The Morgan fingerprint density at radius 1 is 1.00 bits per heavy atom. The molecular formula is C24H24FN7O2. The molecule has 4 aromatic rings. The molecule has 1 fully saturated rings. The number of amides is 1. The Kier molecular flexibility index (Phi) is 6.15. The van der Waals surface area contributed by atoms with Crippen molar-refractivity contribution in [2.75, 3.05) is 38.0 Å². The highest BCUT2D eigenvalue weighted by atomic mass is 19.1. The fourth-order valence-electron chi connectivity index (χ4n) is 4.05. The summed E-state index contributed by atoms with van der Waals surface area (Å²) in [7, 11) is 0. The summed E-state index contributed by atoms with van der Waals surface area (Å²) >= 11 is 0. The summed E-state index contributed by atoms with van der Waals surface area (Å²) in [6.45, 7) is 3.67. The van der Waals surface area contributed by atoms with E-state index >= 15 is 0 Å². The topological polar surface area (TPSA) is 99.2 Å². The number of carbonyl (C=O) groups excluding carboxylic acids is 1. The molecule has 2 N–H and O–H groups in total. The lowest BCUT2D eigenvalue weighted by Crippen LogP contribution is -2.48. The number of H-pyrrole nitrogens is 1. The summed E-state index contributed by atoms with van der Waals surface area (Å²) in [5.41, 5.74) is 1.73. The fourth-order valence-corrected chi connectivity index (χ4v) is 4.05. The summed E-state index contributed by atoms with van der Waals surface area (Å²) < 4.78 is 14.7. The Labute approximate surface area is 194 Å². The van der Waals surface area contributed by atoms with Crippen molar-refractivity contribution < 1.29 is 9.18 Å². The second kappa shape index (κ2) is 9.54. The number of rotatable bonds is 6. The average molecular weight is 462 g/mol. The van der Waals surface area contributed by atoms with Crippen LogP contribution in [-0.4, -0.2) is 68.2 Å². The molecule has 2 aromatic heterocycles. The quantitative estimate of drug-likeness (QED) is 0.456. The molecule has 34 heavy (non-hydrogen) atoms. The van der Waals surface area contributed by atoms with E-state index in [1.54, 1.807) is 16.8 Å². The van der Waals surface area contributed by atoms with Gasteiger partial charge < -0.3 is 10.3 Å². The van der Waals surface area contributed by atoms with Crippen molar-refractivity contribution >= 4 is 22.6 Å². The lowest BCUT2D eigenvalue weighted by atomic mass is 10.3. The largest absolute Gasteiger partial charge is 0.325 e. The number of benzene rings is 2. The van der Waals surface area contributed by atoms with Gasteiger partial charge in [0.25, 0.3) is 5.56 Å². The molecule has 0 bridgehead atoms. The van der Waals surface area contributed by atoms with Crippen LogP contribution in [0.25, 0.3) is 16.7 Å². The molecular weight excluding hydrogens is 437 g/mol. The van der Waals surface area contributed by atoms with E-state index in [1.165, 1.54) is 18.3 Å². The Morgan fingerprint density at radius 2 is 1.71 bits per heavy atom. The Morgan fingerprint density at radius 3 is 2.44 bits per heavy atom. The summed E-state index contributed by atoms with van der Waals surface area (Å²) in [5.74, 6) is 0.108. The van der Waals surface area contributed by atoms with Gasteiger partial charge in [-0.3, -0.25) is 19.4 Å². The minimum Gasteiger partial charge on any atom is -0.325 e. The highest BCUT2D eigenvalue weighted by Crippen LogP contribution is 2.14. The zero-order valence-corrected chi connectivity index (χ0v) is 18.4. The van der Waals surface area contributed by atoms with Crippen molar-refractivity contribution in [3.05, 3.63) is 82.8 Å². The SMILES string of the molecule is O=C(CN1CCN(Cc2nc3c(cnn3-c3ccccc3)c(=O)[nH]2)CC1)Nc1ccc(F)cc1. The number of aromatic amines is 1. The number of fused-ring (bicyclic) bond motifs is 1. The van der Waals surface area contributed by atoms with Crippen LogP contribution in [0, 0.1) is 5.82 Å². The van der Waals surface area contributed by atoms with E-state index in [0.29, 0.717) is 42.2 Å². The zero-order chi connectivity index (χ0) is 23.5. The number of para-hydroxylation sites is 1. The van der Waals surface area contributed by atoms with Crippen LogP contribution in [0.3, 0.4) is 0 Å². The van der Waals surface area contributed by atoms with Crippen molar-refractivity contribution in [3.63, 3.8) is 0 Å². The molecule has 1 amide bonds. The molecule has 5 rings (SSSR count).